The Balaban J connectivity index is 0.000000223. The van der Waals surface area contributed by atoms with Crippen LogP contribution in [0.1, 0.15) is 104 Å². The molecule has 516 valence electrons. The highest BCUT2D eigenvalue weighted by atomic mass is 35.5. The van der Waals surface area contributed by atoms with E-state index in [0.29, 0.717) is 23.8 Å². The third-order valence-electron chi connectivity index (χ3n) is 16.0. The van der Waals surface area contributed by atoms with Crippen molar-refractivity contribution >= 4 is 126 Å². The summed E-state index contributed by atoms with van der Waals surface area (Å²) in [4.78, 5) is 49.3. The second-order valence-electron chi connectivity index (χ2n) is 23.3. The lowest BCUT2D eigenvalue weighted by Gasteiger charge is -2.20. The Morgan fingerprint density at radius 2 is 0.684 bits per heavy atom. The molecule has 0 bridgehead atoms. The van der Waals surface area contributed by atoms with E-state index in [4.69, 9.17) is 52.1 Å². The molecule has 0 fully saturated rings. The molecule has 0 radical (unpaired) electrons. The minimum absolute atomic E-state index is 0. The predicted molar refractivity (Wildman–Crippen MR) is 408 cm³/mol. The number of nitrogens with zero attached hydrogens (tertiary/aromatic N) is 17. The first kappa shape index (κ1) is 79.0. The number of hydrogen-bond donors (Lipinski definition) is 5. The van der Waals surface area contributed by atoms with Gasteiger partial charge in [-0.3, -0.25) is 9.36 Å². The number of nitrogens with two attached hydrogens (primary N) is 1. The zero-order valence-corrected chi connectivity index (χ0v) is 61.0. The molecule has 12 rings (SSSR count). The Morgan fingerprint density at radius 1 is 0.357 bits per heavy atom. The van der Waals surface area contributed by atoms with Crippen LogP contribution in [0, 0.1) is 111 Å². The van der Waals surface area contributed by atoms with E-state index in [-0.39, 0.29) is 36.0 Å². The summed E-state index contributed by atoms with van der Waals surface area (Å²) in [6, 6.07) is 25.5. The third kappa shape index (κ3) is 21.1. The number of aromatic nitrogens is 16. The van der Waals surface area contributed by atoms with Gasteiger partial charge in [0.05, 0.1) is 22.4 Å². The molecule has 98 heavy (non-hydrogen) atoms. The molecule has 0 saturated heterocycles. The summed E-state index contributed by atoms with van der Waals surface area (Å²) in [5, 5.41) is 24.7. The maximum atomic E-state index is 5.71. The maximum absolute atomic E-state index is 5.71. The first-order chi connectivity index (χ1) is 45.4. The highest BCUT2D eigenvalue weighted by molar-refractivity contribution is 6.31. The zero-order valence-electron chi connectivity index (χ0n) is 57.9. The second-order valence-corrected chi connectivity index (χ2v) is 24.6. The molecule has 0 amide bonds. The Bertz CT molecular complexity index is 4560. The SMILES string of the molecule is C.C.CNc1cc2c(cc1C)c(C)nn2C.Cc1cc(C)c(N)cc1C.Cc1cc(C)c(Nc2ncnc(Cl)n2)cc1C.Cc1cc(C)c(Nc2ncnc(Cl)n2)cc1C.Cc1cc(C)c(Nc2ncnc(N(C)c3cc4c(cc3C)c(C)nn4C)n2)cc1C.Clc1ncnc(Cl)n1. The largest absolute Gasteiger partial charge is 0.399 e. The molecule has 6 aromatic heterocycles. The topological polar surface area (TPSA) is 268 Å². The molecular weight excluding hydrogens is 1310 g/mol. The molecule has 26 heteroatoms. The number of nitrogen functional groups attached to an aromatic ring is 1. The molecule has 6 aromatic carbocycles. The van der Waals surface area contributed by atoms with E-state index in [9.17, 15) is 0 Å². The number of aryl methyl sites for hydroxylation is 18. The fourth-order valence-electron chi connectivity index (χ4n) is 9.97. The monoisotopic (exact) mass is 1400 g/mol. The van der Waals surface area contributed by atoms with Crippen LogP contribution in [0.2, 0.25) is 21.1 Å². The number of fused-ring (bicyclic) bond motifs is 2. The zero-order chi connectivity index (χ0) is 70.4. The van der Waals surface area contributed by atoms with Crippen LogP contribution in [-0.4, -0.2) is 93.5 Å². The van der Waals surface area contributed by atoms with Crippen LogP contribution in [-0.2, 0) is 14.1 Å². The van der Waals surface area contributed by atoms with Crippen LogP contribution in [0.4, 0.5) is 57.9 Å². The lowest BCUT2D eigenvalue weighted by Crippen LogP contribution is -2.15. The van der Waals surface area contributed by atoms with Gasteiger partial charge in [0, 0.05) is 73.1 Å². The molecule has 0 aliphatic carbocycles. The summed E-state index contributed by atoms with van der Waals surface area (Å²) in [7, 11) is 7.85. The van der Waals surface area contributed by atoms with Crippen LogP contribution >= 0.6 is 46.4 Å². The molecule has 0 unspecified atom stereocenters. The van der Waals surface area contributed by atoms with Crippen molar-refractivity contribution in [1.82, 2.24) is 79.4 Å². The molecule has 6 N–H and O–H groups in total. The number of anilines is 10. The minimum Gasteiger partial charge on any atom is -0.399 e. The highest BCUT2D eigenvalue weighted by Gasteiger charge is 2.17. The molecule has 22 nitrogen and oxygen atoms in total. The van der Waals surface area contributed by atoms with Gasteiger partial charge in [-0.1, -0.05) is 39.1 Å². The summed E-state index contributed by atoms with van der Waals surface area (Å²) in [6.45, 7) is 33.2. The van der Waals surface area contributed by atoms with Crippen molar-refractivity contribution in [3.63, 3.8) is 0 Å². The van der Waals surface area contributed by atoms with E-state index in [1.165, 1.54) is 91.2 Å². The van der Waals surface area contributed by atoms with Crippen LogP contribution in [0.3, 0.4) is 0 Å². The highest BCUT2D eigenvalue weighted by Crippen LogP contribution is 2.32. The minimum atomic E-state index is 0. The van der Waals surface area contributed by atoms with E-state index >= 15 is 0 Å². The number of hydrogen-bond acceptors (Lipinski definition) is 20. The molecule has 12 aromatic rings. The van der Waals surface area contributed by atoms with E-state index in [1.54, 1.807) is 6.33 Å². The van der Waals surface area contributed by atoms with Crippen LogP contribution in [0.15, 0.2) is 98.1 Å². The van der Waals surface area contributed by atoms with Crippen molar-refractivity contribution in [3.05, 3.63) is 209 Å². The van der Waals surface area contributed by atoms with Gasteiger partial charge in [0.15, 0.2) is 0 Å². The van der Waals surface area contributed by atoms with E-state index in [1.807, 2.05) is 83.1 Å². The first-order valence-electron chi connectivity index (χ1n) is 30.4. The van der Waals surface area contributed by atoms with Gasteiger partial charge in [-0.2, -0.15) is 30.1 Å². The third-order valence-corrected chi connectivity index (χ3v) is 16.7. The Hall–Kier alpha value is -9.74. The smallest absolute Gasteiger partial charge is 0.234 e. The van der Waals surface area contributed by atoms with Gasteiger partial charge < -0.3 is 31.9 Å². The molecule has 6 heterocycles. The fraction of sp³-hybridized carbons (Fsp3) is 0.306. The molecule has 0 saturated carbocycles. The molecule has 0 spiro atoms. The van der Waals surface area contributed by atoms with Crippen molar-refractivity contribution in [1.29, 1.82) is 0 Å². The Morgan fingerprint density at radius 3 is 1.06 bits per heavy atom. The predicted octanol–water partition coefficient (Wildman–Crippen LogP) is 18.1. The fourth-order valence-corrected chi connectivity index (χ4v) is 10.5. The van der Waals surface area contributed by atoms with Gasteiger partial charge in [0.1, 0.15) is 25.3 Å². The summed E-state index contributed by atoms with van der Waals surface area (Å²) in [6.07, 6.45) is 5.55. The van der Waals surface area contributed by atoms with Crippen LogP contribution < -0.4 is 31.9 Å². The Kier molecular flexibility index (Phi) is 28.6. The van der Waals surface area contributed by atoms with Crippen molar-refractivity contribution < 1.29 is 0 Å². The summed E-state index contributed by atoms with van der Waals surface area (Å²) >= 11 is 22.0. The number of halogens is 4. The van der Waals surface area contributed by atoms with Gasteiger partial charge in [-0.15, -0.1) is 0 Å². The molecule has 0 aliphatic heterocycles. The van der Waals surface area contributed by atoms with Gasteiger partial charge in [-0.25, -0.2) is 39.9 Å². The van der Waals surface area contributed by atoms with Gasteiger partial charge >= 0.3 is 0 Å². The normalized spacial score (nSPS) is 10.3. The average Bonchev–Trinajstić information content (AvgIpc) is 1.61. The summed E-state index contributed by atoms with van der Waals surface area (Å²) < 4.78 is 3.83. The lowest BCUT2D eigenvalue weighted by atomic mass is 10.1. The van der Waals surface area contributed by atoms with Gasteiger partial charge in [0.25, 0.3) is 0 Å². The van der Waals surface area contributed by atoms with Gasteiger partial charge in [0.2, 0.25) is 44.9 Å². The first-order valence-corrected chi connectivity index (χ1v) is 32.0. The van der Waals surface area contributed by atoms with Gasteiger partial charge in [-0.05, 0) is 284 Å². The van der Waals surface area contributed by atoms with Crippen molar-refractivity contribution in [2.75, 3.05) is 46.0 Å². The number of nitrogens with one attached hydrogen (secondary N) is 4. The number of rotatable bonds is 9. The van der Waals surface area contributed by atoms with Crippen molar-refractivity contribution in [2.45, 2.75) is 126 Å². The average molecular weight is 1410 g/mol. The van der Waals surface area contributed by atoms with E-state index in [0.717, 1.165) is 73.0 Å². The second kappa shape index (κ2) is 35.5. The van der Waals surface area contributed by atoms with Crippen LogP contribution in [0.5, 0.6) is 0 Å². The molecular formula is C72H90Cl4N22. The Labute approximate surface area is 596 Å². The van der Waals surface area contributed by atoms with Crippen LogP contribution in [0.25, 0.3) is 21.8 Å². The maximum Gasteiger partial charge on any atom is 0.234 e. The van der Waals surface area contributed by atoms with E-state index in [2.05, 4.69) is 234 Å². The standard InChI is InChI=1S/C23H27N7.2C12H13ClN4.C11H15N3.C9H13N.C3HCl2N3.2CH4/c1-13-8-15(3)19(10-14(13)2)26-22-24-12-25-23(27-22)29(6)20-11-21-18(9-16(20)4)17(5)28-30(21)7;2*1-7-4-9(3)10(5-8(7)2)16-12-15-6-14-11(13)17-12;1-7-5-9-8(2)13-14(4)11(9)6-10(7)12-3;1-6-4-8(3)9(10)5-7(6)2;4-2-6-1-7-3(5)8-2;;/h8-12H,1-7H3,(H,24,25,26,27);2*4-6H,1-3H3,(H,14,15,16,17);5-6,12H,1-4H3;4-5H,10H2,1-3H3;1H;2*1H4. The van der Waals surface area contributed by atoms with E-state index < -0.39 is 0 Å². The van der Waals surface area contributed by atoms with Crippen molar-refractivity contribution in [2.24, 2.45) is 14.1 Å². The summed E-state index contributed by atoms with van der Waals surface area (Å²) in [5.74, 6) is 2.01. The molecule has 0 atom stereocenters. The molecule has 0 aliphatic rings. The summed E-state index contributed by atoms with van der Waals surface area (Å²) in [5.41, 5.74) is 33.2. The number of benzene rings is 6. The van der Waals surface area contributed by atoms with Crippen molar-refractivity contribution in [3.8, 4) is 0 Å². The quantitative estimate of drug-likeness (QED) is 0.0841. The lowest BCUT2D eigenvalue weighted by molar-refractivity contribution is 0.783.